The van der Waals surface area contributed by atoms with Crippen LogP contribution in [0.1, 0.15) is 5.56 Å². The lowest BCUT2D eigenvalue weighted by Crippen LogP contribution is -2.35. The Bertz CT molecular complexity index is 422. The van der Waals surface area contributed by atoms with E-state index in [4.69, 9.17) is 15.2 Å². The van der Waals surface area contributed by atoms with Gasteiger partial charge in [-0.2, -0.15) is 0 Å². The number of nitrogens with one attached hydrogen (secondary N) is 1. The molecule has 18 heavy (non-hydrogen) atoms. The molecule has 1 aliphatic rings. The Kier molecular flexibility index (Phi) is 4.35. The molecule has 0 spiro atoms. The number of pyridine rings is 1. The highest BCUT2D eigenvalue weighted by Crippen LogP contribution is 2.10. The van der Waals surface area contributed by atoms with Crippen molar-refractivity contribution in [2.45, 2.75) is 13.0 Å². The van der Waals surface area contributed by atoms with Crippen LogP contribution in [0.4, 0.5) is 0 Å². The largest absolute Gasteiger partial charge is 0.490 e. The number of amidine groups is 1. The number of nitrogens with two attached hydrogens (primary N) is 1. The molecule has 0 aromatic carbocycles. The lowest BCUT2D eigenvalue weighted by Gasteiger charge is -2.14. The van der Waals surface area contributed by atoms with Crippen molar-refractivity contribution in [1.82, 2.24) is 10.3 Å². The molecule has 1 atom stereocenters. The van der Waals surface area contributed by atoms with Gasteiger partial charge in [0, 0.05) is 12.7 Å². The molecular formula is C12H18N4O2. The molecular weight excluding hydrogens is 232 g/mol. The van der Waals surface area contributed by atoms with Crippen molar-refractivity contribution in [3.8, 4) is 5.75 Å². The van der Waals surface area contributed by atoms with Crippen molar-refractivity contribution in [1.29, 1.82) is 0 Å². The molecule has 3 N–H and O–H groups in total. The molecule has 0 fully saturated rings. The quantitative estimate of drug-likeness (QED) is 0.773. The minimum atomic E-state index is -0.199. The van der Waals surface area contributed by atoms with Gasteiger partial charge in [0.05, 0.1) is 18.8 Å². The zero-order valence-electron chi connectivity index (χ0n) is 10.4. The molecule has 1 unspecified atom stereocenters. The SMILES string of the molecule is Cc1cncc(OCC(N)COC2=NCCN2)c1. The predicted octanol–water partition coefficient (Wildman–Crippen LogP) is 0.0719. The Balaban J connectivity index is 1.69. The fourth-order valence-electron chi connectivity index (χ4n) is 1.52. The lowest BCUT2D eigenvalue weighted by molar-refractivity contribution is 0.209. The number of hydrogen-bond donors (Lipinski definition) is 2. The summed E-state index contributed by atoms with van der Waals surface area (Å²) in [5.41, 5.74) is 6.94. The van der Waals surface area contributed by atoms with Crippen LogP contribution in [0.25, 0.3) is 0 Å². The van der Waals surface area contributed by atoms with E-state index in [-0.39, 0.29) is 6.04 Å². The number of hydrogen-bond acceptors (Lipinski definition) is 6. The average molecular weight is 250 g/mol. The van der Waals surface area contributed by atoms with E-state index < -0.39 is 0 Å². The van der Waals surface area contributed by atoms with Crippen molar-refractivity contribution in [3.05, 3.63) is 24.0 Å². The van der Waals surface area contributed by atoms with Crippen molar-refractivity contribution in [2.24, 2.45) is 10.7 Å². The maximum Gasteiger partial charge on any atom is 0.284 e. The van der Waals surface area contributed by atoms with Crippen molar-refractivity contribution >= 4 is 6.02 Å². The van der Waals surface area contributed by atoms with Gasteiger partial charge >= 0.3 is 0 Å². The molecule has 0 saturated carbocycles. The van der Waals surface area contributed by atoms with Crippen LogP contribution < -0.4 is 15.8 Å². The monoisotopic (exact) mass is 250 g/mol. The smallest absolute Gasteiger partial charge is 0.284 e. The van der Waals surface area contributed by atoms with Crippen molar-refractivity contribution < 1.29 is 9.47 Å². The van der Waals surface area contributed by atoms with E-state index in [9.17, 15) is 0 Å². The first-order valence-corrected chi connectivity index (χ1v) is 5.95. The summed E-state index contributed by atoms with van der Waals surface area (Å²) < 4.78 is 10.9. The second kappa shape index (κ2) is 6.20. The van der Waals surface area contributed by atoms with Crippen LogP contribution in [0, 0.1) is 6.92 Å². The highest BCUT2D eigenvalue weighted by atomic mass is 16.5. The predicted molar refractivity (Wildman–Crippen MR) is 68.7 cm³/mol. The van der Waals surface area contributed by atoms with E-state index in [0.717, 1.165) is 24.4 Å². The standard InChI is InChI=1S/C12H18N4O2/c1-9-4-11(6-14-5-9)17-7-10(13)8-18-12-15-2-3-16-12/h4-6,10H,2-3,7-8,13H2,1H3,(H,15,16). The van der Waals surface area contributed by atoms with Gasteiger partial charge in [0.15, 0.2) is 0 Å². The van der Waals surface area contributed by atoms with E-state index in [1.165, 1.54) is 0 Å². The Labute approximate surface area is 106 Å². The Morgan fingerprint density at radius 1 is 1.39 bits per heavy atom. The summed E-state index contributed by atoms with van der Waals surface area (Å²) in [6, 6.07) is 2.29. The second-order valence-corrected chi connectivity index (χ2v) is 4.19. The molecule has 2 heterocycles. The van der Waals surface area contributed by atoms with E-state index >= 15 is 0 Å². The normalized spacial score (nSPS) is 15.8. The van der Waals surface area contributed by atoms with Crippen LogP contribution in [-0.2, 0) is 4.74 Å². The fraction of sp³-hybridized carbons (Fsp3) is 0.500. The number of aliphatic imine (C=N–C) groups is 1. The summed E-state index contributed by atoms with van der Waals surface area (Å²) in [5, 5.41) is 3.01. The Morgan fingerprint density at radius 2 is 2.22 bits per heavy atom. The molecule has 0 saturated heterocycles. The van der Waals surface area contributed by atoms with Gasteiger partial charge in [-0.25, -0.2) is 4.99 Å². The number of nitrogens with zero attached hydrogens (tertiary/aromatic N) is 2. The highest BCUT2D eigenvalue weighted by Gasteiger charge is 2.10. The molecule has 6 nitrogen and oxygen atoms in total. The summed E-state index contributed by atoms with van der Waals surface area (Å²) in [5.74, 6) is 0.724. The van der Waals surface area contributed by atoms with E-state index in [2.05, 4.69) is 15.3 Å². The molecule has 1 aromatic heterocycles. The first-order chi connectivity index (χ1) is 8.74. The van der Waals surface area contributed by atoms with Gasteiger partial charge in [0.2, 0.25) is 0 Å². The second-order valence-electron chi connectivity index (χ2n) is 4.19. The summed E-state index contributed by atoms with van der Waals surface area (Å²) >= 11 is 0. The molecule has 0 amide bonds. The summed E-state index contributed by atoms with van der Waals surface area (Å²) in [6.07, 6.45) is 3.45. The maximum atomic E-state index is 5.88. The summed E-state index contributed by atoms with van der Waals surface area (Å²) in [7, 11) is 0. The molecule has 1 aliphatic heterocycles. The Morgan fingerprint density at radius 3 is 2.94 bits per heavy atom. The molecule has 6 heteroatoms. The number of rotatable bonds is 5. The van der Waals surface area contributed by atoms with Crippen molar-refractivity contribution in [3.63, 3.8) is 0 Å². The minimum Gasteiger partial charge on any atom is -0.490 e. The van der Waals surface area contributed by atoms with Gasteiger partial charge in [-0.05, 0) is 18.6 Å². The highest BCUT2D eigenvalue weighted by molar-refractivity contribution is 5.75. The van der Waals surface area contributed by atoms with Gasteiger partial charge < -0.3 is 20.5 Å². The van der Waals surface area contributed by atoms with Crippen LogP contribution in [0.3, 0.4) is 0 Å². The lowest BCUT2D eigenvalue weighted by atomic mass is 10.3. The minimum absolute atomic E-state index is 0.199. The molecule has 0 aliphatic carbocycles. The van der Waals surface area contributed by atoms with Gasteiger partial charge in [-0.15, -0.1) is 0 Å². The van der Waals surface area contributed by atoms with Crippen LogP contribution in [-0.4, -0.2) is 43.4 Å². The van der Waals surface area contributed by atoms with Crippen LogP contribution in [0.2, 0.25) is 0 Å². The van der Waals surface area contributed by atoms with E-state index in [1.807, 2.05) is 13.0 Å². The molecule has 0 radical (unpaired) electrons. The van der Waals surface area contributed by atoms with Gasteiger partial charge in [-0.3, -0.25) is 4.98 Å². The number of aryl methyl sites for hydroxylation is 1. The van der Waals surface area contributed by atoms with E-state index in [0.29, 0.717) is 19.2 Å². The zero-order valence-corrected chi connectivity index (χ0v) is 10.4. The average Bonchev–Trinajstić information content (AvgIpc) is 2.87. The first kappa shape index (κ1) is 12.6. The topological polar surface area (TPSA) is 81.8 Å². The molecule has 98 valence electrons. The van der Waals surface area contributed by atoms with Gasteiger partial charge in [0.1, 0.15) is 19.0 Å². The number of ether oxygens (including phenoxy) is 2. The molecule has 1 aromatic rings. The van der Waals surface area contributed by atoms with Crippen LogP contribution in [0.15, 0.2) is 23.5 Å². The third-order valence-corrected chi connectivity index (χ3v) is 2.39. The fourth-order valence-corrected chi connectivity index (χ4v) is 1.52. The zero-order chi connectivity index (χ0) is 12.8. The third kappa shape index (κ3) is 3.89. The van der Waals surface area contributed by atoms with Gasteiger partial charge in [-0.1, -0.05) is 0 Å². The molecule has 2 rings (SSSR count). The number of aromatic nitrogens is 1. The maximum absolute atomic E-state index is 5.88. The third-order valence-electron chi connectivity index (χ3n) is 2.39. The van der Waals surface area contributed by atoms with Crippen LogP contribution >= 0.6 is 0 Å². The summed E-state index contributed by atoms with van der Waals surface area (Å²) in [4.78, 5) is 8.16. The van der Waals surface area contributed by atoms with Gasteiger partial charge in [0.25, 0.3) is 6.02 Å². The summed E-state index contributed by atoms with van der Waals surface area (Å²) in [6.45, 7) is 4.32. The molecule has 0 bridgehead atoms. The Hall–Kier alpha value is -1.82. The van der Waals surface area contributed by atoms with Crippen LogP contribution in [0.5, 0.6) is 5.75 Å². The van der Waals surface area contributed by atoms with E-state index in [1.54, 1.807) is 12.4 Å². The van der Waals surface area contributed by atoms with Crippen molar-refractivity contribution in [2.75, 3.05) is 26.3 Å². The first-order valence-electron chi connectivity index (χ1n) is 5.95.